The molecule has 0 saturated carbocycles. The lowest BCUT2D eigenvalue weighted by Gasteiger charge is -2.32. The summed E-state index contributed by atoms with van der Waals surface area (Å²) in [7, 11) is -0.368. The molecule has 1 N–H and O–H groups in total. The Morgan fingerprint density at radius 3 is 2.12 bits per heavy atom. The molecular formula is C20H25BFNO2. The molecule has 0 amide bonds. The van der Waals surface area contributed by atoms with Crippen molar-refractivity contribution in [3.8, 4) is 0 Å². The van der Waals surface area contributed by atoms with Crippen LogP contribution in [0.15, 0.2) is 42.5 Å². The molecule has 3 rings (SSSR count). The Balaban J connectivity index is 1.67. The second-order valence-corrected chi connectivity index (χ2v) is 7.60. The molecule has 2 aromatic carbocycles. The summed E-state index contributed by atoms with van der Waals surface area (Å²) < 4.78 is 26.0. The summed E-state index contributed by atoms with van der Waals surface area (Å²) in [5.41, 5.74) is 2.85. The van der Waals surface area contributed by atoms with Crippen LogP contribution in [0, 0.1) is 12.7 Å². The van der Waals surface area contributed by atoms with Gasteiger partial charge in [-0.3, -0.25) is 0 Å². The first-order valence-corrected chi connectivity index (χ1v) is 8.63. The Hall–Kier alpha value is -1.85. The molecule has 2 aromatic rings. The van der Waals surface area contributed by atoms with Crippen molar-refractivity contribution < 1.29 is 13.7 Å². The third-order valence-corrected chi connectivity index (χ3v) is 5.26. The van der Waals surface area contributed by atoms with Crippen molar-refractivity contribution in [3.05, 3.63) is 59.4 Å². The van der Waals surface area contributed by atoms with Gasteiger partial charge in [-0.15, -0.1) is 0 Å². The van der Waals surface area contributed by atoms with E-state index in [4.69, 9.17) is 9.31 Å². The molecule has 0 aliphatic carbocycles. The minimum atomic E-state index is -0.368. The van der Waals surface area contributed by atoms with Crippen LogP contribution in [0.5, 0.6) is 0 Å². The van der Waals surface area contributed by atoms with E-state index >= 15 is 0 Å². The van der Waals surface area contributed by atoms with Crippen molar-refractivity contribution in [1.29, 1.82) is 0 Å². The minimum Gasteiger partial charge on any atom is -0.399 e. The fourth-order valence-electron chi connectivity index (χ4n) is 2.82. The Morgan fingerprint density at radius 1 is 0.960 bits per heavy atom. The van der Waals surface area contributed by atoms with E-state index < -0.39 is 0 Å². The molecule has 0 atom stereocenters. The maximum absolute atomic E-state index is 13.9. The zero-order valence-corrected chi connectivity index (χ0v) is 15.5. The summed E-state index contributed by atoms with van der Waals surface area (Å²) in [6.45, 7) is 10.5. The van der Waals surface area contributed by atoms with Gasteiger partial charge in [0.15, 0.2) is 0 Å². The molecular weight excluding hydrogens is 316 g/mol. The highest BCUT2D eigenvalue weighted by Gasteiger charge is 2.51. The predicted molar refractivity (Wildman–Crippen MR) is 101 cm³/mol. The van der Waals surface area contributed by atoms with Crippen molar-refractivity contribution in [2.24, 2.45) is 0 Å². The summed E-state index contributed by atoms with van der Waals surface area (Å²) >= 11 is 0. The van der Waals surface area contributed by atoms with E-state index in [1.54, 1.807) is 6.07 Å². The van der Waals surface area contributed by atoms with Crippen LogP contribution in [0.4, 0.5) is 10.1 Å². The minimum absolute atomic E-state index is 0.179. The molecule has 0 aromatic heterocycles. The Morgan fingerprint density at radius 2 is 1.56 bits per heavy atom. The van der Waals surface area contributed by atoms with Gasteiger partial charge in [0.1, 0.15) is 5.82 Å². The first kappa shape index (κ1) is 18.0. The average Bonchev–Trinajstić information content (AvgIpc) is 2.75. The summed E-state index contributed by atoms with van der Waals surface area (Å²) in [4.78, 5) is 0. The molecule has 25 heavy (non-hydrogen) atoms. The maximum Gasteiger partial charge on any atom is 0.494 e. The third kappa shape index (κ3) is 3.58. The fourth-order valence-corrected chi connectivity index (χ4v) is 2.82. The number of hydrogen-bond donors (Lipinski definition) is 1. The van der Waals surface area contributed by atoms with Gasteiger partial charge in [0.25, 0.3) is 0 Å². The molecule has 1 heterocycles. The van der Waals surface area contributed by atoms with Crippen molar-refractivity contribution in [1.82, 2.24) is 0 Å². The number of nitrogens with one attached hydrogen (secondary N) is 1. The molecule has 3 nitrogen and oxygen atoms in total. The van der Waals surface area contributed by atoms with Crippen LogP contribution in [0.2, 0.25) is 0 Å². The van der Waals surface area contributed by atoms with Crippen LogP contribution in [0.1, 0.15) is 38.8 Å². The van der Waals surface area contributed by atoms with E-state index in [0.717, 1.165) is 16.7 Å². The first-order valence-electron chi connectivity index (χ1n) is 8.63. The number of rotatable bonds is 4. The molecule has 0 unspecified atom stereocenters. The van der Waals surface area contributed by atoms with Gasteiger partial charge < -0.3 is 14.6 Å². The largest absolute Gasteiger partial charge is 0.494 e. The van der Waals surface area contributed by atoms with Gasteiger partial charge in [0.2, 0.25) is 0 Å². The zero-order chi connectivity index (χ0) is 18.2. The molecule has 0 spiro atoms. The highest BCUT2D eigenvalue weighted by Crippen LogP contribution is 2.36. The van der Waals surface area contributed by atoms with Crippen molar-refractivity contribution in [3.63, 3.8) is 0 Å². The van der Waals surface area contributed by atoms with Crippen molar-refractivity contribution in [2.75, 3.05) is 5.32 Å². The van der Waals surface area contributed by atoms with E-state index in [1.807, 2.05) is 65.0 Å². The zero-order valence-electron chi connectivity index (χ0n) is 15.5. The molecule has 1 aliphatic rings. The Bertz CT molecular complexity index is 723. The summed E-state index contributed by atoms with van der Waals surface area (Å²) in [5.74, 6) is -0.179. The third-order valence-electron chi connectivity index (χ3n) is 5.26. The monoisotopic (exact) mass is 341 g/mol. The lowest BCUT2D eigenvalue weighted by Crippen LogP contribution is -2.41. The van der Waals surface area contributed by atoms with Crippen LogP contribution in [-0.2, 0) is 15.9 Å². The van der Waals surface area contributed by atoms with Crippen LogP contribution >= 0.6 is 0 Å². The van der Waals surface area contributed by atoms with E-state index in [9.17, 15) is 4.39 Å². The van der Waals surface area contributed by atoms with Crippen LogP contribution < -0.4 is 10.8 Å². The summed E-state index contributed by atoms with van der Waals surface area (Å²) in [6, 6.07) is 13.0. The average molecular weight is 341 g/mol. The van der Waals surface area contributed by atoms with Crippen LogP contribution in [0.25, 0.3) is 0 Å². The normalized spacial score (nSPS) is 18.4. The number of hydrogen-bond acceptors (Lipinski definition) is 3. The molecule has 1 aliphatic heterocycles. The second-order valence-electron chi connectivity index (χ2n) is 7.60. The standard InChI is InChI=1S/C20H25BFNO2/c1-14-7-6-8-18(22)17(14)13-23-16-11-9-15(10-12-16)21-24-19(2,3)20(4,5)25-21/h6-12,23H,13H2,1-5H3. The van der Waals surface area contributed by atoms with Gasteiger partial charge in [-0.05, 0) is 63.8 Å². The van der Waals surface area contributed by atoms with E-state index in [1.165, 1.54) is 6.07 Å². The van der Waals surface area contributed by atoms with Crippen LogP contribution in [-0.4, -0.2) is 18.3 Å². The highest BCUT2D eigenvalue weighted by atomic mass is 19.1. The molecule has 0 radical (unpaired) electrons. The number of anilines is 1. The van der Waals surface area contributed by atoms with Gasteiger partial charge in [0.05, 0.1) is 11.2 Å². The fraction of sp³-hybridized carbons (Fsp3) is 0.400. The lowest BCUT2D eigenvalue weighted by atomic mass is 9.79. The quantitative estimate of drug-likeness (QED) is 0.852. The smallest absolute Gasteiger partial charge is 0.399 e. The lowest BCUT2D eigenvalue weighted by molar-refractivity contribution is 0.00578. The predicted octanol–water partition coefficient (Wildman–Crippen LogP) is 4.05. The summed E-state index contributed by atoms with van der Waals surface area (Å²) in [5, 5.41) is 3.27. The van der Waals surface area contributed by atoms with Gasteiger partial charge in [-0.25, -0.2) is 4.39 Å². The molecule has 1 saturated heterocycles. The number of benzene rings is 2. The first-order chi connectivity index (χ1) is 11.7. The van der Waals surface area contributed by atoms with Gasteiger partial charge in [-0.1, -0.05) is 24.3 Å². The summed E-state index contributed by atoms with van der Waals surface area (Å²) in [6.07, 6.45) is 0. The van der Waals surface area contributed by atoms with Crippen LogP contribution in [0.3, 0.4) is 0 Å². The number of halogens is 1. The maximum atomic E-state index is 13.9. The molecule has 0 bridgehead atoms. The molecule has 5 heteroatoms. The number of aryl methyl sites for hydroxylation is 1. The topological polar surface area (TPSA) is 30.5 Å². The second kappa shape index (κ2) is 6.47. The Labute approximate surface area is 149 Å². The van der Waals surface area contributed by atoms with Crippen molar-refractivity contribution >= 4 is 18.3 Å². The van der Waals surface area contributed by atoms with Crippen molar-refractivity contribution in [2.45, 2.75) is 52.4 Å². The SMILES string of the molecule is Cc1cccc(F)c1CNc1ccc(B2OC(C)(C)C(C)(C)O2)cc1. The Kier molecular flexibility index (Phi) is 4.65. The van der Waals surface area contributed by atoms with Gasteiger partial charge >= 0.3 is 7.12 Å². The van der Waals surface area contributed by atoms with E-state index in [-0.39, 0.29) is 24.1 Å². The van der Waals surface area contributed by atoms with Gasteiger partial charge in [-0.2, -0.15) is 0 Å². The highest BCUT2D eigenvalue weighted by molar-refractivity contribution is 6.62. The van der Waals surface area contributed by atoms with Gasteiger partial charge in [0, 0.05) is 17.8 Å². The van der Waals surface area contributed by atoms with E-state index in [2.05, 4.69) is 5.32 Å². The molecule has 1 fully saturated rings. The van der Waals surface area contributed by atoms with E-state index in [0.29, 0.717) is 12.1 Å². The molecule has 132 valence electrons.